The predicted octanol–water partition coefficient (Wildman–Crippen LogP) is -1.54. The standard InChI is InChI=1S/C10H14BN3O4/c15-9(16)7-1-3-14(4-2-7)10-12-5-8(6-13-10)11(17)18/h5-7,17-18H,1-4H2,(H,15,16). The average molecular weight is 251 g/mol. The quantitative estimate of drug-likeness (QED) is 0.558. The summed E-state index contributed by atoms with van der Waals surface area (Å²) in [7, 11) is -1.57. The molecule has 1 saturated heterocycles. The van der Waals surface area contributed by atoms with E-state index >= 15 is 0 Å². The Kier molecular flexibility index (Phi) is 3.78. The van der Waals surface area contributed by atoms with Gasteiger partial charge in [0.15, 0.2) is 0 Å². The van der Waals surface area contributed by atoms with Gasteiger partial charge in [0.25, 0.3) is 0 Å². The first-order valence-electron chi connectivity index (χ1n) is 5.73. The van der Waals surface area contributed by atoms with Gasteiger partial charge in [0.1, 0.15) is 0 Å². The van der Waals surface area contributed by atoms with Crippen molar-refractivity contribution in [3.8, 4) is 0 Å². The van der Waals surface area contributed by atoms with Crippen LogP contribution in [-0.4, -0.2) is 51.3 Å². The SMILES string of the molecule is O=C(O)C1CCN(c2ncc(B(O)O)cn2)CC1. The van der Waals surface area contributed by atoms with Crippen molar-refractivity contribution in [2.45, 2.75) is 12.8 Å². The number of aliphatic carboxylic acids is 1. The number of hydrogen-bond acceptors (Lipinski definition) is 6. The number of nitrogens with zero attached hydrogens (tertiary/aromatic N) is 3. The largest absolute Gasteiger partial charge is 0.491 e. The van der Waals surface area contributed by atoms with E-state index in [1.165, 1.54) is 12.4 Å². The maximum absolute atomic E-state index is 10.8. The lowest BCUT2D eigenvalue weighted by atomic mass is 9.83. The fourth-order valence-corrected chi connectivity index (χ4v) is 1.95. The zero-order chi connectivity index (χ0) is 13.1. The molecule has 0 bridgehead atoms. The van der Waals surface area contributed by atoms with Gasteiger partial charge in [-0.3, -0.25) is 4.79 Å². The summed E-state index contributed by atoms with van der Waals surface area (Å²) in [4.78, 5) is 20.8. The summed E-state index contributed by atoms with van der Waals surface area (Å²) in [6.45, 7) is 1.19. The minimum atomic E-state index is -1.57. The van der Waals surface area contributed by atoms with Crippen molar-refractivity contribution in [1.29, 1.82) is 0 Å². The molecule has 0 unspecified atom stereocenters. The van der Waals surface area contributed by atoms with Gasteiger partial charge < -0.3 is 20.1 Å². The monoisotopic (exact) mass is 251 g/mol. The third kappa shape index (κ3) is 2.77. The van der Waals surface area contributed by atoms with Gasteiger partial charge in [-0.15, -0.1) is 0 Å². The molecule has 1 aliphatic rings. The Bertz CT molecular complexity index is 418. The molecule has 1 aliphatic heterocycles. The summed E-state index contributed by atoms with van der Waals surface area (Å²) < 4.78 is 0. The zero-order valence-corrected chi connectivity index (χ0v) is 9.73. The highest BCUT2D eigenvalue weighted by Gasteiger charge is 2.25. The number of rotatable bonds is 3. The second-order valence-electron chi connectivity index (χ2n) is 4.29. The first-order valence-corrected chi connectivity index (χ1v) is 5.73. The molecule has 2 heterocycles. The highest BCUT2D eigenvalue weighted by molar-refractivity contribution is 6.58. The van der Waals surface area contributed by atoms with Crippen LogP contribution in [0.25, 0.3) is 0 Å². The molecule has 1 aromatic rings. The third-order valence-corrected chi connectivity index (χ3v) is 3.08. The Morgan fingerprint density at radius 1 is 1.28 bits per heavy atom. The van der Waals surface area contributed by atoms with Gasteiger partial charge in [0, 0.05) is 30.9 Å². The summed E-state index contributed by atoms with van der Waals surface area (Å²) in [6.07, 6.45) is 3.86. The average Bonchev–Trinajstić information content (AvgIpc) is 2.39. The summed E-state index contributed by atoms with van der Waals surface area (Å²) in [5.41, 5.74) is 0.235. The van der Waals surface area contributed by atoms with Gasteiger partial charge in [-0.25, -0.2) is 9.97 Å². The fourth-order valence-electron chi connectivity index (χ4n) is 1.95. The molecule has 18 heavy (non-hydrogen) atoms. The number of piperidine rings is 1. The summed E-state index contributed by atoms with van der Waals surface area (Å²) in [5.74, 6) is -0.558. The topological polar surface area (TPSA) is 107 Å². The van der Waals surface area contributed by atoms with Crippen LogP contribution >= 0.6 is 0 Å². The van der Waals surface area contributed by atoms with Gasteiger partial charge in [0.05, 0.1) is 5.92 Å². The molecule has 7 nitrogen and oxygen atoms in total. The minimum absolute atomic E-state index is 0.235. The van der Waals surface area contributed by atoms with E-state index in [2.05, 4.69) is 9.97 Å². The van der Waals surface area contributed by atoms with Gasteiger partial charge in [-0.05, 0) is 12.8 Å². The second-order valence-corrected chi connectivity index (χ2v) is 4.29. The van der Waals surface area contributed by atoms with Crippen LogP contribution in [0, 0.1) is 5.92 Å². The van der Waals surface area contributed by atoms with E-state index in [0.29, 0.717) is 31.9 Å². The van der Waals surface area contributed by atoms with Crippen LogP contribution in [0.1, 0.15) is 12.8 Å². The van der Waals surface area contributed by atoms with Crippen LogP contribution < -0.4 is 10.4 Å². The number of hydrogen-bond donors (Lipinski definition) is 3. The fraction of sp³-hybridized carbons (Fsp3) is 0.500. The molecular weight excluding hydrogens is 237 g/mol. The van der Waals surface area contributed by atoms with E-state index in [9.17, 15) is 4.79 Å². The molecule has 0 radical (unpaired) electrons. The smallest absolute Gasteiger partial charge is 0.481 e. The molecule has 0 aliphatic carbocycles. The molecule has 0 aromatic carbocycles. The molecule has 0 spiro atoms. The van der Waals surface area contributed by atoms with E-state index in [1.807, 2.05) is 4.90 Å². The lowest BCUT2D eigenvalue weighted by Crippen LogP contribution is -2.38. The number of aromatic nitrogens is 2. The number of carboxylic acids is 1. The van der Waals surface area contributed by atoms with Crippen molar-refractivity contribution in [3.05, 3.63) is 12.4 Å². The second kappa shape index (κ2) is 5.32. The van der Waals surface area contributed by atoms with Gasteiger partial charge in [-0.2, -0.15) is 0 Å². The highest BCUT2D eigenvalue weighted by Crippen LogP contribution is 2.19. The first kappa shape index (κ1) is 12.8. The molecular formula is C10H14BN3O4. The Balaban J connectivity index is 1.99. The molecule has 3 N–H and O–H groups in total. The van der Waals surface area contributed by atoms with Crippen LogP contribution in [0.5, 0.6) is 0 Å². The van der Waals surface area contributed by atoms with E-state index in [1.54, 1.807) is 0 Å². The van der Waals surface area contributed by atoms with E-state index < -0.39 is 13.1 Å². The predicted molar refractivity (Wildman–Crippen MR) is 64.4 cm³/mol. The van der Waals surface area contributed by atoms with Crippen molar-refractivity contribution < 1.29 is 19.9 Å². The zero-order valence-electron chi connectivity index (χ0n) is 9.73. The number of carboxylic acid groups (broad SMARTS) is 1. The minimum Gasteiger partial charge on any atom is -0.481 e. The lowest BCUT2D eigenvalue weighted by Gasteiger charge is -2.29. The Morgan fingerprint density at radius 3 is 2.28 bits per heavy atom. The molecule has 1 fully saturated rings. The molecule has 0 atom stereocenters. The molecule has 2 rings (SSSR count). The van der Waals surface area contributed by atoms with Gasteiger partial charge in [0.2, 0.25) is 5.95 Å². The third-order valence-electron chi connectivity index (χ3n) is 3.08. The maximum Gasteiger partial charge on any atom is 0.491 e. The number of carbonyl (C=O) groups is 1. The van der Waals surface area contributed by atoms with E-state index in [0.717, 1.165) is 0 Å². The van der Waals surface area contributed by atoms with Crippen molar-refractivity contribution in [3.63, 3.8) is 0 Å². The first-order chi connectivity index (χ1) is 8.58. The molecule has 0 saturated carbocycles. The van der Waals surface area contributed by atoms with Crippen LogP contribution in [-0.2, 0) is 4.79 Å². The molecule has 96 valence electrons. The van der Waals surface area contributed by atoms with Crippen molar-refractivity contribution in [1.82, 2.24) is 9.97 Å². The normalized spacial score (nSPS) is 16.7. The van der Waals surface area contributed by atoms with Crippen molar-refractivity contribution >= 4 is 24.5 Å². The van der Waals surface area contributed by atoms with Crippen LogP contribution in [0.3, 0.4) is 0 Å². The van der Waals surface area contributed by atoms with Crippen LogP contribution in [0.4, 0.5) is 5.95 Å². The Hall–Kier alpha value is -1.67. The van der Waals surface area contributed by atoms with Crippen molar-refractivity contribution in [2.24, 2.45) is 5.92 Å². The summed E-state index contributed by atoms with van der Waals surface area (Å²) in [5, 5.41) is 26.7. The lowest BCUT2D eigenvalue weighted by molar-refractivity contribution is -0.142. The molecule has 0 amide bonds. The number of anilines is 1. The maximum atomic E-state index is 10.8. The van der Waals surface area contributed by atoms with E-state index in [-0.39, 0.29) is 11.4 Å². The molecule has 1 aromatic heterocycles. The Morgan fingerprint density at radius 2 is 1.83 bits per heavy atom. The summed E-state index contributed by atoms with van der Waals surface area (Å²) >= 11 is 0. The van der Waals surface area contributed by atoms with E-state index in [4.69, 9.17) is 15.2 Å². The molecule has 8 heteroatoms. The van der Waals surface area contributed by atoms with Crippen LogP contribution in [0.2, 0.25) is 0 Å². The summed E-state index contributed by atoms with van der Waals surface area (Å²) in [6, 6.07) is 0. The van der Waals surface area contributed by atoms with Crippen LogP contribution in [0.15, 0.2) is 12.4 Å². The van der Waals surface area contributed by atoms with Gasteiger partial charge >= 0.3 is 13.1 Å². The van der Waals surface area contributed by atoms with Gasteiger partial charge in [-0.1, -0.05) is 0 Å². The Labute approximate surface area is 104 Å². The highest BCUT2D eigenvalue weighted by atomic mass is 16.4. The van der Waals surface area contributed by atoms with Crippen molar-refractivity contribution in [2.75, 3.05) is 18.0 Å².